The van der Waals surface area contributed by atoms with E-state index in [1.807, 2.05) is 0 Å². The van der Waals surface area contributed by atoms with Crippen molar-refractivity contribution in [2.75, 3.05) is 32.7 Å². The molecular weight excluding hydrogens is 448 g/mol. The highest BCUT2D eigenvalue weighted by atomic mass is 16.5. The lowest BCUT2D eigenvalue weighted by Gasteiger charge is -2.13. The third-order valence-corrected chi connectivity index (χ3v) is 4.25. The molecule has 11 nitrogen and oxygen atoms in total. The summed E-state index contributed by atoms with van der Waals surface area (Å²) in [5, 5.41) is 31.1. The maximum absolute atomic E-state index is 12.4. The molecule has 0 aliphatic carbocycles. The summed E-state index contributed by atoms with van der Waals surface area (Å²) < 4.78 is 16.0. The van der Waals surface area contributed by atoms with Gasteiger partial charge in [0, 0.05) is 11.3 Å². The van der Waals surface area contributed by atoms with Crippen LogP contribution in [0.25, 0.3) is 0 Å². The predicted molar refractivity (Wildman–Crippen MR) is 120 cm³/mol. The average molecular weight is 478 g/mol. The molecule has 2 aromatic carbocycles. The van der Waals surface area contributed by atoms with E-state index in [-0.39, 0.29) is 12.5 Å². The molecule has 5 N–H and O–H groups in total. The molecule has 0 saturated carbocycles. The molecule has 0 radical (unpaired) electrons. The molecular formula is C23H30N2O9. The Balaban J connectivity index is 0.000000852. The third kappa shape index (κ3) is 10.2. The number of hydrogen-bond donors (Lipinski definition) is 4. The number of methoxy groups -OCH3 is 2. The van der Waals surface area contributed by atoms with E-state index in [2.05, 4.69) is 24.5 Å². The molecule has 186 valence electrons. The Morgan fingerprint density at radius 3 is 2.12 bits per heavy atom. The number of carbonyl (C=O) groups is 3. The number of aliphatic hydroxyl groups is 1. The van der Waals surface area contributed by atoms with Crippen molar-refractivity contribution in [1.82, 2.24) is 0 Å². The van der Waals surface area contributed by atoms with Crippen LogP contribution in [0.4, 0.5) is 5.69 Å². The fourth-order valence-electron chi connectivity index (χ4n) is 2.50. The van der Waals surface area contributed by atoms with Crippen LogP contribution < -0.4 is 30.0 Å². The normalized spacial score (nSPS) is 11.0. The molecule has 1 amide bonds. The van der Waals surface area contributed by atoms with Crippen LogP contribution in [0, 0.1) is 0 Å². The number of quaternary nitrogens is 1. The fraction of sp³-hybridized carbons (Fsp3) is 0.348. The smallest absolute Gasteiger partial charge is 0.351 e. The second kappa shape index (κ2) is 14.3. The minimum absolute atomic E-state index is 0.223. The van der Waals surface area contributed by atoms with Gasteiger partial charge in [-0.15, -0.1) is 0 Å². The molecule has 2 aromatic rings. The number of amides is 1. The standard InChI is InChI=1S/C21H28N2O5.C2H2O4/c1-14(2)22-12-17(24)13-28-18-8-6-16(7-9-18)23-21(25)15-5-10-19(26-3)20(11-15)27-4;3-1(4)2(5)6/h5-11,14,17,22,24H,12-13H2,1-4H3,(H,23,25);(H,3,4)(H,5,6). The van der Waals surface area contributed by atoms with E-state index in [0.717, 1.165) is 0 Å². The lowest BCUT2D eigenvalue weighted by molar-refractivity contribution is -0.688. The molecule has 0 aliphatic heterocycles. The van der Waals surface area contributed by atoms with Gasteiger partial charge < -0.3 is 45.0 Å². The third-order valence-electron chi connectivity index (χ3n) is 4.25. The molecule has 0 spiro atoms. The van der Waals surface area contributed by atoms with E-state index in [9.17, 15) is 9.90 Å². The Morgan fingerprint density at radius 2 is 1.62 bits per heavy atom. The first kappa shape index (κ1) is 28.2. The van der Waals surface area contributed by atoms with Crippen molar-refractivity contribution in [1.29, 1.82) is 0 Å². The van der Waals surface area contributed by atoms with Crippen molar-refractivity contribution in [3.63, 3.8) is 0 Å². The van der Waals surface area contributed by atoms with Crippen LogP contribution in [-0.4, -0.2) is 67.6 Å². The molecule has 0 saturated heterocycles. The second-order valence-electron chi connectivity index (χ2n) is 7.32. The van der Waals surface area contributed by atoms with Crippen LogP contribution in [0.5, 0.6) is 17.2 Å². The number of ether oxygens (including phenoxy) is 3. The molecule has 34 heavy (non-hydrogen) atoms. The van der Waals surface area contributed by atoms with Crippen molar-refractivity contribution in [2.45, 2.75) is 26.0 Å². The minimum atomic E-state index is -2.07. The number of rotatable bonds is 10. The first-order valence-corrected chi connectivity index (χ1v) is 10.3. The molecule has 0 bridgehead atoms. The summed E-state index contributed by atoms with van der Waals surface area (Å²) in [7, 11) is 3.07. The van der Waals surface area contributed by atoms with Crippen LogP contribution in [0.2, 0.25) is 0 Å². The van der Waals surface area contributed by atoms with Gasteiger partial charge in [0.05, 0.1) is 20.3 Å². The van der Waals surface area contributed by atoms with Gasteiger partial charge in [-0.25, -0.2) is 4.79 Å². The summed E-state index contributed by atoms with van der Waals surface area (Å²) in [4.78, 5) is 30.5. The van der Waals surface area contributed by atoms with Crippen LogP contribution in [-0.2, 0) is 9.59 Å². The molecule has 0 fully saturated rings. The predicted octanol–water partition coefficient (Wildman–Crippen LogP) is -0.511. The molecule has 0 aliphatic rings. The number of hydrogen-bond acceptors (Lipinski definition) is 8. The van der Waals surface area contributed by atoms with Crippen LogP contribution >= 0.6 is 0 Å². The molecule has 11 heteroatoms. The van der Waals surface area contributed by atoms with Crippen LogP contribution in [0.15, 0.2) is 42.5 Å². The summed E-state index contributed by atoms with van der Waals surface area (Å²) in [6.45, 7) is 4.96. The molecule has 0 aromatic heterocycles. The summed E-state index contributed by atoms with van der Waals surface area (Å²) >= 11 is 0. The molecule has 0 heterocycles. The Kier molecular flexibility index (Phi) is 11.9. The zero-order valence-corrected chi connectivity index (χ0v) is 19.4. The number of aliphatic hydroxyl groups excluding tert-OH is 1. The first-order chi connectivity index (χ1) is 16.1. The Labute approximate surface area is 197 Å². The van der Waals surface area contributed by atoms with Gasteiger partial charge in [0.15, 0.2) is 17.5 Å². The molecule has 2 rings (SSSR count). The largest absolute Gasteiger partial charge is 0.539 e. The van der Waals surface area contributed by atoms with Crippen molar-refractivity contribution >= 4 is 23.5 Å². The minimum Gasteiger partial charge on any atom is -0.539 e. The Bertz CT molecular complexity index is 934. The van der Waals surface area contributed by atoms with Gasteiger partial charge >= 0.3 is 5.97 Å². The number of anilines is 1. The van der Waals surface area contributed by atoms with Crippen LogP contribution in [0.1, 0.15) is 24.2 Å². The maximum Gasteiger partial charge on any atom is 0.351 e. The summed E-state index contributed by atoms with van der Waals surface area (Å²) in [5.74, 6) is -2.58. The second-order valence-corrected chi connectivity index (χ2v) is 7.32. The van der Waals surface area contributed by atoms with Gasteiger partial charge in [0.1, 0.15) is 25.0 Å². The zero-order valence-electron chi connectivity index (χ0n) is 19.4. The van der Waals surface area contributed by atoms with Gasteiger partial charge in [-0.1, -0.05) is 0 Å². The number of benzene rings is 2. The van der Waals surface area contributed by atoms with Crippen molar-refractivity contribution in [2.24, 2.45) is 0 Å². The number of carboxylic acid groups (broad SMARTS) is 2. The highest BCUT2D eigenvalue weighted by Crippen LogP contribution is 2.28. The topological polar surface area (TPSA) is 171 Å². The van der Waals surface area contributed by atoms with E-state index >= 15 is 0 Å². The Morgan fingerprint density at radius 1 is 1.03 bits per heavy atom. The highest BCUT2D eigenvalue weighted by molar-refractivity contribution is 6.26. The van der Waals surface area contributed by atoms with Gasteiger partial charge in [0.2, 0.25) is 0 Å². The van der Waals surface area contributed by atoms with Gasteiger partial charge in [-0.3, -0.25) is 4.79 Å². The van der Waals surface area contributed by atoms with E-state index in [1.165, 1.54) is 7.11 Å². The average Bonchev–Trinajstić information content (AvgIpc) is 2.82. The monoisotopic (exact) mass is 478 g/mol. The zero-order chi connectivity index (χ0) is 25.7. The number of nitrogens with two attached hydrogens (primary N) is 1. The fourth-order valence-corrected chi connectivity index (χ4v) is 2.50. The number of nitrogens with one attached hydrogen (secondary N) is 1. The lowest BCUT2D eigenvalue weighted by Crippen LogP contribution is -2.90. The summed E-state index contributed by atoms with van der Waals surface area (Å²) in [6.07, 6.45) is -0.535. The van der Waals surface area contributed by atoms with E-state index in [4.69, 9.17) is 34.0 Å². The number of carboxylic acids is 2. The highest BCUT2D eigenvalue weighted by Gasteiger charge is 2.12. The summed E-state index contributed by atoms with van der Waals surface area (Å²) in [5.41, 5.74) is 1.10. The van der Waals surface area contributed by atoms with E-state index in [1.54, 1.807) is 49.6 Å². The van der Waals surface area contributed by atoms with Crippen molar-refractivity contribution in [3.8, 4) is 17.2 Å². The van der Waals surface area contributed by atoms with Crippen molar-refractivity contribution in [3.05, 3.63) is 48.0 Å². The number of carbonyl (C=O) groups excluding carboxylic acids is 2. The number of aliphatic carboxylic acids is 2. The lowest BCUT2D eigenvalue weighted by atomic mass is 10.2. The quantitative estimate of drug-likeness (QED) is 0.328. The van der Waals surface area contributed by atoms with E-state index in [0.29, 0.717) is 41.1 Å². The van der Waals surface area contributed by atoms with Crippen molar-refractivity contribution < 1.29 is 49.2 Å². The summed E-state index contributed by atoms with van der Waals surface area (Å²) in [6, 6.07) is 12.4. The maximum atomic E-state index is 12.4. The van der Waals surface area contributed by atoms with Gasteiger partial charge in [0.25, 0.3) is 5.91 Å². The SMILES string of the molecule is COc1ccc(C(=O)Nc2ccc(OCC(O)C[NH2+]C(C)C)cc2)cc1OC.O=C([O-])C(=O)O. The van der Waals surface area contributed by atoms with E-state index < -0.39 is 18.0 Å². The molecule has 1 unspecified atom stereocenters. The van der Waals surface area contributed by atoms with Crippen LogP contribution in [0.3, 0.4) is 0 Å². The Hall–Kier alpha value is -3.83. The van der Waals surface area contributed by atoms with Gasteiger partial charge in [-0.2, -0.15) is 0 Å². The first-order valence-electron chi connectivity index (χ1n) is 10.3. The molecule has 1 atom stereocenters. The van der Waals surface area contributed by atoms with Gasteiger partial charge in [-0.05, 0) is 56.3 Å².